The molecule has 0 atom stereocenters. The molecule has 1 aromatic heterocycles. The summed E-state index contributed by atoms with van der Waals surface area (Å²) in [5, 5.41) is 3.97. The van der Waals surface area contributed by atoms with Crippen molar-refractivity contribution in [3.05, 3.63) is 24.0 Å². The van der Waals surface area contributed by atoms with Gasteiger partial charge < -0.3 is 4.74 Å². The second-order valence-electron chi connectivity index (χ2n) is 3.27. The molecule has 4 nitrogen and oxygen atoms in total. The van der Waals surface area contributed by atoms with Gasteiger partial charge in [0.05, 0.1) is 12.3 Å². The van der Waals surface area contributed by atoms with Gasteiger partial charge in [0.1, 0.15) is 0 Å². The van der Waals surface area contributed by atoms with Crippen LogP contribution in [-0.2, 0) is 16.6 Å². The molecule has 0 saturated carbocycles. The van der Waals surface area contributed by atoms with Gasteiger partial charge in [-0.25, -0.2) is 4.79 Å². The Morgan fingerprint density at radius 3 is 2.86 bits per heavy atom. The minimum atomic E-state index is -0.330. The lowest BCUT2D eigenvalue weighted by atomic mass is 10.3. The minimum absolute atomic E-state index is 0.0824. The van der Waals surface area contributed by atoms with Crippen LogP contribution in [0.3, 0.4) is 0 Å². The van der Waals surface area contributed by atoms with Gasteiger partial charge in [-0.15, -0.1) is 0 Å². The lowest BCUT2D eigenvalue weighted by Gasteiger charge is -2.03. The highest BCUT2D eigenvalue weighted by Crippen LogP contribution is 2.00. The number of carbonyl (C=O) groups is 1. The molecule has 0 aliphatic rings. The number of hydrogen-bond donors (Lipinski definition) is 0. The number of esters is 1. The molecule has 0 saturated heterocycles. The Hall–Kier alpha value is -1.58. The molecular formula is C10H14N2O2. The van der Waals surface area contributed by atoms with E-state index in [0.717, 1.165) is 5.56 Å². The molecule has 0 spiro atoms. The maximum atomic E-state index is 11.1. The summed E-state index contributed by atoms with van der Waals surface area (Å²) in [5.41, 5.74) is 0.883. The minimum Gasteiger partial charge on any atom is -0.460 e. The van der Waals surface area contributed by atoms with Crippen molar-refractivity contribution in [2.24, 2.45) is 7.05 Å². The molecule has 0 radical (unpaired) electrons. The van der Waals surface area contributed by atoms with Crippen molar-refractivity contribution in [1.82, 2.24) is 9.78 Å². The summed E-state index contributed by atoms with van der Waals surface area (Å²) in [4.78, 5) is 11.1. The van der Waals surface area contributed by atoms with Crippen molar-refractivity contribution in [1.29, 1.82) is 0 Å². The van der Waals surface area contributed by atoms with Crippen LogP contribution < -0.4 is 0 Å². The third-order valence-electron chi connectivity index (χ3n) is 1.49. The zero-order valence-electron chi connectivity index (χ0n) is 8.60. The van der Waals surface area contributed by atoms with Crippen molar-refractivity contribution >= 4 is 12.0 Å². The zero-order valence-corrected chi connectivity index (χ0v) is 8.60. The number of hydrogen-bond acceptors (Lipinski definition) is 3. The highest BCUT2D eigenvalue weighted by molar-refractivity contribution is 5.87. The summed E-state index contributed by atoms with van der Waals surface area (Å²) in [7, 11) is 1.82. The molecule has 1 aromatic rings. The van der Waals surface area contributed by atoms with Gasteiger partial charge in [0.25, 0.3) is 0 Å². The van der Waals surface area contributed by atoms with E-state index in [0.29, 0.717) is 0 Å². The Kier molecular flexibility index (Phi) is 3.45. The van der Waals surface area contributed by atoms with Crippen LogP contribution in [-0.4, -0.2) is 21.9 Å². The highest BCUT2D eigenvalue weighted by Gasteiger charge is 1.99. The maximum absolute atomic E-state index is 11.1. The summed E-state index contributed by atoms with van der Waals surface area (Å²) in [6.45, 7) is 3.63. The lowest BCUT2D eigenvalue weighted by Crippen LogP contribution is -2.08. The fourth-order valence-corrected chi connectivity index (χ4v) is 0.962. The highest BCUT2D eigenvalue weighted by atomic mass is 16.5. The van der Waals surface area contributed by atoms with Gasteiger partial charge in [0.15, 0.2) is 0 Å². The number of nitrogens with zero attached hydrogens (tertiary/aromatic N) is 2. The summed E-state index contributed by atoms with van der Waals surface area (Å²) in [5.74, 6) is -0.330. The van der Waals surface area contributed by atoms with E-state index in [9.17, 15) is 4.79 Å². The predicted molar refractivity (Wildman–Crippen MR) is 53.5 cm³/mol. The molecule has 0 N–H and O–H groups in total. The summed E-state index contributed by atoms with van der Waals surface area (Å²) in [6, 6.07) is 0. The largest absolute Gasteiger partial charge is 0.460 e. The molecule has 0 aromatic carbocycles. The standard InChI is InChI=1S/C10H14N2O2/c1-8(2)14-10(13)5-4-9-6-11-12(3)7-9/h4-8H,1-3H3. The quantitative estimate of drug-likeness (QED) is 0.539. The van der Waals surface area contributed by atoms with Gasteiger partial charge in [0.2, 0.25) is 0 Å². The first-order valence-electron chi connectivity index (χ1n) is 4.45. The third kappa shape index (κ3) is 3.43. The second kappa shape index (κ2) is 4.60. The van der Waals surface area contributed by atoms with E-state index in [2.05, 4.69) is 5.10 Å². The van der Waals surface area contributed by atoms with Crippen LogP contribution in [0, 0.1) is 0 Å². The number of aryl methyl sites for hydroxylation is 1. The van der Waals surface area contributed by atoms with E-state index >= 15 is 0 Å². The van der Waals surface area contributed by atoms with Crippen LogP contribution in [0.15, 0.2) is 18.5 Å². The number of aromatic nitrogens is 2. The van der Waals surface area contributed by atoms with Crippen molar-refractivity contribution in [2.75, 3.05) is 0 Å². The van der Waals surface area contributed by atoms with E-state index in [1.165, 1.54) is 6.08 Å². The zero-order chi connectivity index (χ0) is 10.6. The van der Waals surface area contributed by atoms with Crippen LogP contribution in [0.2, 0.25) is 0 Å². The molecule has 0 fully saturated rings. The van der Waals surface area contributed by atoms with Gasteiger partial charge in [-0.2, -0.15) is 5.10 Å². The first-order chi connectivity index (χ1) is 6.58. The molecule has 76 valence electrons. The van der Waals surface area contributed by atoms with Crippen molar-refractivity contribution in [3.8, 4) is 0 Å². The molecule has 1 rings (SSSR count). The van der Waals surface area contributed by atoms with E-state index in [4.69, 9.17) is 4.74 Å². The number of rotatable bonds is 3. The predicted octanol–water partition coefficient (Wildman–Crippen LogP) is 1.38. The molecule has 0 aliphatic carbocycles. The molecule has 0 unspecified atom stereocenters. The summed E-state index contributed by atoms with van der Waals surface area (Å²) in [6.07, 6.45) is 6.49. The van der Waals surface area contributed by atoms with Gasteiger partial charge in [0, 0.05) is 24.9 Å². The number of ether oxygens (including phenoxy) is 1. The van der Waals surface area contributed by atoms with E-state index in [1.807, 2.05) is 27.1 Å². The van der Waals surface area contributed by atoms with Crippen LogP contribution in [0.25, 0.3) is 6.08 Å². The first kappa shape index (κ1) is 10.5. The topological polar surface area (TPSA) is 44.1 Å². The van der Waals surface area contributed by atoms with Crippen molar-refractivity contribution in [3.63, 3.8) is 0 Å². The average molecular weight is 194 g/mol. The van der Waals surface area contributed by atoms with Crippen LogP contribution in [0.1, 0.15) is 19.4 Å². The number of carbonyl (C=O) groups excluding carboxylic acids is 1. The molecule has 0 bridgehead atoms. The average Bonchev–Trinajstić information content (AvgIpc) is 2.47. The molecule has 4 heteroatoms. The fourth-order valence-electron chi connectivity index (χ4n) is 0.962. The molecule has 0 amide bonds. The Morgan fingerprint density at radius 1 is 1.64 bits per heavy atom. The van der Waals surface area contributed by atoms with Gasteiger partial charge in [-0.05, 0) is 19.9 Å². The maximum Gasteiger partial charge on any atom is 0.331 e. The Bertz CT molecular complexity index is 340. The van der Waals surface area contributed by atoms with Crippen LogP contribution in [0.5, 0.6) is 0 Å². The lowest BCUT2D eigenvalue weighted by molar-refractivity contribution is -0.141. The molecular weight excluding hydrogens is 180 g/mol. The van der Waals surface area contributed by atoms with Crippen molar-refractivity contribution < 1.29 is 9.53 Å². The summed E-state index contributed by atoms with van der Waals surface area (Å²) >= 11 is 0. The van der Waals surface area contributed by atoms with Gasteiger partial charge in [-0.1, -0.05) is 0 Å². The van der Waals surface area contributed by atoms with Gasteiger partial charge >= 0.3 is 5.97 Å². The monoisotopic (exact) mass is 194 g/mol. The molecule has 14 heavy (non-hydrogen) atoms. The van der Waals surface area contributed by atoms with Crippen LogP contribution in [0.4, 0.5) is 0 Å². The Balaban J connectivity index is 2.51. The normalized spacial score (nSPS) is 11.1. The Morgan fingerprint density at radius 2 is 2.36 bits per heavy atom. The Labute approximate surface area is 83.2 Å². The van der Waals surface area contributed by atoms with E-state index < -0.39 is 0 Å². The summed E-state index contributed by atoms with van der Waals surface area (Å²) < 4.78 is 6.60. The SMILES string of the molecule is CC(C)OC(=O)C=Cc1cnn(C)c1. The second-order valence-corrected chi connectivity index (χ2v) is 3.27. The van der Waals surface area contributed by atoms with Crippen molar-refractivity contribution in [2.45, 2.75) is 20.0 Å². The van der Waals surface area contributed by atoms with Gasteiger partial charge in [-0.3, -0.25) is 4.68 Å². The smallest absolute Gasteiger partial charge is 0.331 e. The van der Waals surface area contributed by atoms with E-state index in [-0.39, 0.29) is 12.1 Å². The first-order valence-corrected chi connectivity index (χ1v) is 4.45. The molecule has 0 aliphatic heterocycles. The van der Waals surface area contributed by atoms with E-state index in [1.54, 1.807) is 17.0 Å². The van der Waals surface area contributed by atoms with Crippen LogP contribution >= 0.6 is 0 Å². The fraction of sp³-hybridized carbons (Fsp3) is 0.400. The molecule has 1 heterocycles. The third-order valence-corrected chi connectivity index (χ3v) is 1.49.